The van der Waals surface area contributed by atoms with Gasteiger partial charge in [-0.3, -0.25) is 9.52 Å². The highest BCUT2D eigenvalue weighted by molar-refractivity contribution is 7.92. The first-order valence-electron chi connectivity index (χ1n) is 5.89. The van der Waals surface area contributed by atoms with Gasteiger partial charge in [-0.2, -0.15) is 0 Å². The van der Waals surface area contributed by atoms with Gasteiger partial charge in [0.2, 0.25) is 20.0 Å². The minimum atomic E-state index is -4.06. The van der Waals surface area contributed by atoms with Crippen LogP contribution in [0, 0.1) is 5.82 Å². The molecule has 0 aromatic heterocycles. The first-order chi connectivity index (χ1) is 9.93. The normalized spacial score (nSPS) is 12.4. The molecule has 1 aromatic rings. The van der Waals surface area contributed by atoms with E-state index in [-0.39, 0.29) is 12.2 Å². The van der Waals surface area contributed by atoms with E-state index < -0.39 is 43.1 Å². The van der Waals surface area contributed by atoms with Crippen LogP contribution in [-0.4, -0.2) is 52.1 Å². The summed E-state index contributed by atoms with van der Waals surface area (Å²) in [6.07, 6.45) is 0.433. The van der Waals surface area contributed by atoms with E-state index in [2.05, 4.69) is 0 Å². The maximum atomic E-state index is 13.8. The van der Waals surface area contributed by atoms with Crippen molar-refractivity contribution < 1.29 is 31.1 Å². The number of anilines is 1. The van der Waals surface area contributed by atoms with Gasteiger partial charge in [-0.05, 0) is 18.2 Å². The van der Waals surface area contributed by atoms with Crippen LogP contribution < -0.4 is 4.72 Å². The summed E-state index contributed by atoms with van der Waals surface area (Å²) in [5.74, 6) is -2.22. The average molecular weight is 354 g/mol. The van der Waals surface area contributed by atoms with Crippen LogP contribution in [0.3, 0.4) is 0 Å². The van der Waals surface area contributed by atoms with Crippen LogP contribution in [-0.2, 0) is 24.8 Å². The Hall–Kier alpha value is -1.72. The molecule has 1 aromatic carbocycles. The number of halogens is 1. The van der Waals surface area contributed by atoms with E-state index >= 15 is 0 Å². The maximum Gasteiger partial charge on any atom is 0.304 e. The van der Waals surface area contributed by atoms with Crippen molar-refractivity contribution in [1.82, 2.24) is 4.31 Å². The highest BCUT2D eigenvalue weighted by Gasteiger charge is 2.23. The van der Waals surface area contributed by atoms with Gasteiger partial charge >= 0.3 is 5.97 Å². The third-order valence-corrected chi connectivity index (χ3v) is 5.03. The minimum Gasteiger partial charge on any atom is -0.481 e. The molecular weight excluding hydrogens is 339 g/mol. The number of rotatable bonds is 7. The third kappa shape index (κ3) is 4.93. The van der Waals surface area contributed by atoms with Crippen LogP contribution >= 0.6 is 0 Å². The summed E-state index contributed by atoms with van der Waals surface area (Å²) < 4.78 is 62.8. The summed E-state index contributed by atoms with van der Waals surface area (Å²) in [6, 6.07) is 2.68. The smallest absolute Gasteiger partial charge is 0.304 e. The predicted molar refractivity (Wildman–Crippen MR) is 76.9 cm³/mol. The first-order valence-corrected chi connectivity index (χ1v) is 9.22. The van der Waals surface area contributed by atoms with Crippen LogP contribution in [0.5, 0.6) is 0 Å². The number of hydrogen-bond donors (Lipinski definition) is 2. The number of nitrogens with one attached hydrogen (secondary N) is 1. The highest BCUT2D eigenvalue weighted by atomic mass is 32.2. The summed E-state index contributed by atoms with van der Waals surface area (Å²) in [6.45, 7) is -0.275. The number of sulfonamides is 2. The van der Waals surface area contributed by atoms with Crippen molar-refractivity contribution in [3.8, 4) is 0 Å². The molecule has 0 atom stereocenters. The van der Waals surface area contributed by atoms with E-state index in [0.717, 1.165) is 22.7 Å². The molecule has 2 N–H and O–H groups in total. The lowest BCUT2D eigenvalue weighted by Gasteiger charge is -2.16. The Kier molecular flexibility index (Phi) is 5.49. The monoisotopic (exact) mass is 354 g/mol. The van der Waals surface area contributed by atoms with E-state index in [1.54, 1.807) is 0 Å². The zero-order valence-corrected chi connectivity index (χ0v) is 13.4. The van der Waals surface area contributed by atoms with Gasteiger partial charge in [0.25, 0.3) is 0 Å². The van der Waals surface area contributed by atoms with E-state index in [9.17, 15) is 26.0 Å². The summed E-state index contributed by atoms with van der Waals surface area (Å²) in [4.78, 5) is 10.0. The SMILES string of the molecule is CN(CCC(=O)O)S(=O)(=O)c1ccc(NS(C)(=O)=O)c(F)c1. The van der Waals surface area contributed by atoms with E-state index in [0.29, 0.717) is 6.07 Å². The second kappa shape index (κ2) is 6.58. The number of benzene rings is 1. The molecule has 0 aliphatic rings. The van der Waals surface area contributed by atoms with Gasteiger partial charge in [-0.15, -0.1) is 0 Å². The van der Waals surface area contributed by atoms with E-state index in [1.165, 1.54) is 7.05 Å². The molecule has 0 bridgehead atoms. The lowest BCUT2D eigenvalue weighted by molar-refractivity contribution is -0.137. The van der Waals surface area contributed by atoms with Crippen LogP contribution in [0.4, 0.5) is 10.1 Å². The minimum absolute atomic E-state index is 0.275. The molecule has 124 valence electrons. The maximum absolute atomic E-state index is 13.8. The molecule has 22 heavy (non-hydrogen) atoms. The molecule has 11 heteroatoms. The molecule has 0 saturated carbocycles. The number of aliphatic carboxylic acids is 1. The Labute approximate surface area is 127 Å². The second-order valence-electron chi connectivity index (χ2n) is 4.49. The molecule has 0 aliphatic carbocycles. The summed E-state index contributed by atoms with van der Waals surface area (Å²) in [7, 11) is -6.60. The Morgan fingerprint density at radius 1 is 1.32 bits per heavy atom. The summed E-state index contributed by atoms with van der Waals surface area (Å²) in [5.41, 5.74) is -0.380. The van der Waals surface area contributed by atoms with Crippen molar-refractivity contribution in [2.24, 2.45) is 0 Å². The lowest BCUT2D eigenvalue weighted by Crippen LogP contribution is -2.29. The largest absolute Gasteiger partial charge is 0.481 e. The summed E-state index contributed by atoms with van der Waals surface area (Å²) in [5, 5.41) is 8.54. The molecule has 1 rings (SSSR count). The average Bonchev–Trinajstić information content (AvgIpc) is 2.36. The van der Waals surface area contributed by atoms with Crippen LogP contribution in [0.1, 0.15) is 6.42 Å². The Morgan fingerprint density at radius 2 is 1.91 bits per heavy atom. The number of carboxylic acids is 1. The standard InChI is InChI=1S/C11H15FN2O6S2/c1-14(6-5-11(15)16)22(19,20)8-3-4-10(9(12)7-8)13-21(2,17)18/h3-4,7,13H,5-6H2,1-2H3,(H,15,16). The Morgan fingerprint density at radius 3 is 2.36 bits per heavy atom. The van der Waals surface area contributed by atoms with Crippen molar-refractivity contribution in [2.75, 3.05) is 24.6 Å². The fourth-order valence-electron chi connectivity index (χ4n) is 1.49. The molecule has 8 nitrogen and oxygen atoms in total. The molecule has 0 heterocycles. The number of carboxylic acid groups (broad SMARTS) is 1. The highest BCUT2D eigenvalue weighted by Crippen LogP contribution is 2.22. The predicted octanol–water partition coefficient (Wildman–Crippen LogP) is 0.292. The van der Waals surface area contributed by atoms with Gasteiger partial charge in [0.15, 0.2) is 0 Å². The molecule has 0 spiro atoms. The lowest BCUT2D eigenvalue weighted by atomic mass is 10.3. The van der Waals surface area contributed by atoms with E-state index in [1.807, 2.05) is 4.72 Å². The zero-order valence-electron chi connectivity index (χ0n) is 11.8. The van der Waals surface area contributed by atoms with Gasteiger partial charge in [-0.1, -0.05) is 0 Å². The topological polar surface area (TPSA) is 121 Å². The molecule has 0 amide bonds. The molecule has 0 saturated heterocycles. The fourth-order valence-corrected chi connectivity index (χ4v) is 3.24. The number of nitrogens with zero attached hydrogens (tertiary/aromatic N) is 1. The quantitative estimate of drug-likeness (QED) is 0.726. The molecule has 0 unspecified atom stereocenters. The van der Waals surface area contributed by atoms with E-state index in [4.69, 9.17) is 5.11 Å². The zero-order chi connectivity index (χ0) is 17.1. The first kappa shape index (κ1) is 18.3. The van der Waals surface area contributed by atoms with Gasteiger partial charge < -0.3 is 5.11 Å². The fraction of sp³-hybridized carbons (Fsp3) is 0.364. The van der Waals surface area contributed by atoms with Crippen molar-refractivity contribution in [3.05, 3.63) is 24.0 Å². The summed E-state index contributed by atoms with van der Waals surface area (Å²) >= 11 is 0. The van der Waals surface area contributed by atoms with Crippen LogP contribution in [0.15, 0.2) is 23.1 Å². The second-order valence-corrected chi connectivity index (χ2v) is 8.28. The van der Waals surface area contributed by atoms with Crippen LogP contribution in [0.2, 0.25) is 0 Å². The Balaban J connectivity index is 3.06. The molecule has 0 fully saturated rings. The Bertz CT molecular complexity index is 776. The van der Waals surface area contributed by atoms with Gasteiger partial charge in [0, 0.05) is 13.6 Å². The van der Waals surface area contributed by atoms with Gasteiger partial charge in [0.05, 0.1) is 23.3 Å². The van der Waals surface area contributed by atoms with Crippen LogP contribution in [0.25, 0.3) is 0 Å². The van der Waals surface area contributed by atoms with Crippen molar-refractivity contribution in [1.29, 1.82) is 0 Å². The molecule has 0 aliphatic heterocycles. The number of carbonyl (C=O) groups is 1. The third-order valence-electron chi connectivity index (χ3n) is 2.58. The molecular formula is C11H15FN2O6S2. The van der Waals surface area contributed by atoms with Gasteiger partial charge in [-0.25, -0.2) is 25.5 Å². The van der Waals surface area contributed by atoms with Gasteiger partial charge in [0.1, 0.15) is 5.82 Å². The van der Waals surface area contributed by atoms with Crippen molar-refractivity contribution in [2.45, 2.75) is 11.3 Å². The molecule has 0 radical (unpaired) electrons. The van der Waals surface area contributed by atoms with Crippen molar-refractivity contribution >= 4 is 31.7 Å². The number of hydrogen-bond acceptors (Lipinski definition) is 5. The van der Waals surface area contributed by atoms with Crippen molar-refractivity contribution in [3.63, 3.8) is 0 Å².